The van der Waals surface area contributed by atoms with Crippen molar-refractivity contribution < 1.29 is 0 Å². The summed E-state index contributed by atoms with van der Waals surface area (Å²) in [5, 5.41) is 0. The first-order chi connectivity index (χ1) is 13.1. The molecule has 0 radical (unpaired) electrons. The lowest BCUT2D eigenvalue weighted by Gasteiger charge is -2.36. The standard InChI is InChI=1S/C25H20N2/c26-24(27)14-13-19-18-9-3-6-12-22(18)25(23(19)15-24)20-10-4-1-7-16(20)17-8-2-5-11-21(17)25/h1-14H,15,26-27H2. The van der Waals surface area contributed by atoms with Crippen LogP contribution in [-0.4, -0.2) is 5.66 Å². The summed E-state index contributed by atoms with van der Waals surface area (Å²) in [6.07, 6.45) is 4.74. The third kappa shape index (κ3) is 1.72. The van der Waals surface area contributed by atoms with Crippen molar-refractivity contribution in [2.75, 3.05) is 0 Å². The van der Waals surface area contributed by atoms with Crippen molar-refractivity contribution in [1.29, 1.82) is 0 Å². The number of rotatable bonds is 0. The smallest absolute Gasteiger partial charge is 0.0870 e. The minimum Gasteiger partial charge on any atom is -0.310 e. The van der Waals surface area contributed by atoms with Crippen LogP contribution < -0.4 is 11.5 Å². The Kier molecular flexibility index (Phi) is 2.73. The monoisotopic (exact) mass is 348 g/mol. The third-order valence-electron chi connectivity index (χ3n) is 6.39. The topological polar surface area (TPSA) is 52.0 Å². The second-order valence-corrected chi connectivity index (χ2v) is 7.90. The summed E-state index contributed by atoms with van der Waals surface area (Å²) >= 11 is 0. The van der Waals surface area contributed by atoms with E-state index in [9.17, 15) is 0 Å². The van der Waals surface area contributed by atoms with Crippen molar-refractivity contribution >= 4 is 5.57 Å². The molecule has 6 rings (SSSR count). The molecule has 0 saturated carbocycles. The summed E-state index contributed by atoms with van der Waals surface area (Å²) < 4.78 is 0. The van der Waals surface area contributed by atoms with Crippen LogP contribution in [0.4, 0.5) is 0 Å². The molecule has 27 heavy (non-hydrogen) atoms. The van der Waals surface area contributed by atoms with Gasteiger partial charge in [-0.2, -0.15) is 0 Å². The Morgan fingerprint density at radius 3 is 1.70 bits per heavy atom. The Morgan fingerprint density at radius 1 is 0.630 bits per heavy atom. The third-order valence-corrected chi connectivity index (χ3v) is 6.39. The quantitative estimate of drug-likeness (QED) is 0.594. The maximum Gasteiger partial charge on any atom is 0.0870 e. The number of allylic oxidation sites excluding steroid dienone is 2. The molecule has 130 valence electrons. The Labute approximate surface area is 158 Å². The highest BCUT2D eigenvalue weighted by molar-refractivity contribution is 5.97. The molecular weight excluding hydrogens is 328 g/mol. The van der Waals surface area contributed by atoms with Crippen LogP contribution in [0.25, 0.3) is 16.7 Å². The highest BCUT2D eigenvalue weighted by Crippen LogP contribution is 2.63. The zero-order chi connectivity index (χ0) is 18.2. The number of benzene rings is 3. The number of nitrogens with two attached hydrogens (primary N) is 2. The van der Waals surface area contributed by atoms with Gasteiger partial charge in [-0.1, -0.05) is 78.9 Å². The van der Waals surface area contributed by atoms with E-state index in [2.05, 4.69) is 78.9 Å². The Balaban J connectivity index is 1.81. The molecule has 3 aliphatic rings. The summed E-state index contributed by atoms with van der Waals surface area (Å²) in [5.74, 6) is 0. The van der Waals surface area contributed by atoms with Gasteiger partial charge in [-0.05, 0) is 50.6 Å². The molecule has 0 aromatic heterocycles. The lowest BCUT2D eigenvalue weighted by atomic mass is 9.67. The van der Waals surface area contributed by atoms with Gasteiger partial charge in [0.2, 0.25) is 0 Å². The Bertz CT molecular complexity index is 1130. The molecule has 1 spiro atoms. The van der Waals surface area contributed by atoms with Gasteiger partial charge < -0.3 is 11.5 Å². The van der Waals surface area contributed by atoms with Crippen molar-refractivity contribution in [3.05, 3.63) is 113 Å². The van der Waals surface area contributed by atoms with Crippen LogP contribution in [0.15, 0.2) is 90.5 Å². The van der Waals surface area contributed by atoms with Crippen LogP contribution in [0.1, 0.15) is 28.7 Å². The molecule has 0 fully saturated rings. The van der Waals surface area contributed by atoms with Crippen LogP contribution in [0.5, 0.6) is 0 Å². The van der Waals surface area contributed by atoms with E-state index >= 15 is 0 Å². The van der Waals surface area contributed by atoms with Gasteiger partial charge in [-0.3, -0.25) is 0 Å². The molecule has 2 heteroatoms. The molecule has 3 aliphatic carbocycles. The highest BCUT2D eigenvalue weighted by atomic mass is 14.9. The number of hydrogen-bond acceptors (Lipinski definition) is 2. The first-order valence-electron chi connectivity index (χ1n) is 9.43. The number of fused-ring (bicyclic) bond motifs is 9. The maximum atomic E-state index is 6.42. The van der Waals surface area contributed by atoms with Gasteiger partial charge in [0.25, 0.3) is 0 Å². The molecule has 0 heterocycles. The van der Waals surface area contributed by atoms with Gasteiger partial charge in [0.15, 0.2) is 0 Å². The van der Waals surface area contributed by atoms with Crippen molar-refractivity contribution in [1.82, 2.24) is 0 Å². The van der Waals surface area contributed by atoms with Gasteiger partial charge in [0.1, 0.15) is 0 Å². The number of hydrogen-bond donors (Lipinski definition) is 2. The van der Waals surface area contributed by atoms with Gasteiger partial charge in [0, 0.05) is 6.42 Å². The second kappa shape index (κ2) is 4.86. The Hall–Kier alpha value is -2.94. The van der Waals surface area contributed by atoms with Gasteiger partial charge in [-0.15, -0.1) is 0 Å². The average Bonchev–Trinajstić information content (AvgIpc) is 3.14. The zero-order valence-electron chi connectivity index (χ0n) is 14.9. The molecule has 0 saturated heterocycles. The van der Waals surface area contributed by atoms with Crippen LogP contribution in [0, 0.1) is 0 Å². The predicted molar refractivity (Wildman–Crippen MR) is 110 cm³/mol. The minimum atomic E-state index is -0.819. The first kappa shape index (κ1) is 15.2. The van der Waals surface area contributed by atoms with Crippen LogP contribution in [-0.2, 0) is 5.41 Å². The molecule has 0 aliphatic heterocycles. The molecule has 3 aromatic rings. The fourth-order valence-electron chi connectivity index (χ4n) is 5.44. The normalized spacial score (nSPS) is 19.6. The summed E-state index contributed by atoms with van der Waals surface area (Å²) in [6, 6.07) is 26.3. The van der Waals surface area contributed by atoms with E-state index in [-0.39, 0.29) is 5.41 Å². The van der Waals surface area contributed by atoms with Crippen LogP contribution in [0.3, 0.4) is 0 Å². The molecule has 0 atom stereocenters. The average molecular weight is 348 g/mol. The predicted octanol–water partition coefficient (Wildman–Crippen LogP) is 4.34. The fourth-order valence-corrected chi connectivity index (χ4v) is 5.44. The van der Waals surface area contributed by atoms with E-state index in [0.717, 1.165) is 0 Å². The maximum absolute atomic E-state index is 6.42. The first-order valence-corrected chi connectivity index (χ1v) is 9.43. The summed E-state index contributed by atoms with van der Waals surface area (Å²) in [4.78, 5) is 0. The molecule has 0 amide bonds. The lowest BCUT2D eigenvalue weighted by molar-refractivity contribution is 0.516. The van der Waals surface area contributed by atoms with Crippen molar-refractivity contribution in [2.45, 2.75) is 17.5 Å². The van der Waals surface area contributed by atoms with E-state index in [1.807, 2.05) is 6.08 Å². The zero-order valence-corrected chi connectivity index (χ0v) is 14.9. The molecule has 0 bridgehead atoms. The van der Waals surface area contributed by atoms with E-state index in [0.29, 0.717) is 6.42 Å². The van der Waals surface area contributed by atoms with E-state index < -0.39 is 5.66 Å². The highest BCUT2D eigenvalue weighted by Gasteiger charge is 2.53. The van der Waals surface area contributed by atoms with E-state index in [4.69, 9.17) is 11.5 Å². The summed E-state index contributed by atoms with van der Waals surface area (Å²) in [5.41, 5.74) is 22.3. The van der Waals surface area contributed by atoms with Crippen molar-refractivity contribution in [3.8, 4) is 11.1 Å². The van der Waals surface area contributed by atoms with E-state index in [1.165, 1.54) is 44.5 Å². The summed E-state index contributed by atoms with van der Waals surface area (Å²) in [6.45, 7) is 0. The Morgan fingerprint density at radius 2 is 1.11 bits per heavy atom. The molecule has 0 unspecified atom stereocenters. The SMILES string of the molecule is NC1(N)C=CC2=C(C1)C1(c3ccccc32)c2ccccc2-c2ccccc21. The van der Waals surface area contributed by atoms with Crippen LogP contribution in [0.2, 0.25) is 0 Å². The van der Waals surface area contributed by atoms with Crippen molar-refractivity contribution in [2.24, 2.45) is 11.5 Å². The lowest BCUT2D eigenvalue weighted by Crippen LogP contribution is -2.50. The van der Waals surface area contributed by atoms with Gasteiger partial charge in [0.05, 0.1) is 11.1 Å². The van der Waals surface area contributed by atoms with Crippen LogP contribution >= 0.6 is 0 Å². The molecule has 4 N–H and O–H groups in total. The molecule has 3 aromatic carbocycles. The van der Waals surface area contributed by atoms with Gasteiger partial charge in [-0.25, -0.2) is 0 Å². The molecular formula is C25H20N2. The fraction of sp³-hybridized carbons (Fsp3) is 0.120. The second-order valence-electron chi connectivity index (χ2n) is 7.90. The van der Waals surface area contributed by atoms with Gasteiger partial charge >= 0.3 is 0 Å². The largest absolute Gasteiger partial charge is 0.310 e. The van der Waals surface area contributed by atoms with Crippen molar-refractivity contribution in [3.63, 3.8) is 0 Å². The van der Waals surface area contributed by atoms with E-state index in [1.54, 1.807) is 0 Å². The molecule has 2 nitrogen and oxygen atoms in total. The summed E-state index contributed by atoms with van der Waals surface area (Å²) in [7, 11) is 0. The minimum absolute atomic E-state index is 0.298.